The fraction of sp³-hybridized carbons (Fsp3) is 0.433. The number of nitrogens with zero attached hydrogens (tertiary/aromatic N) is 5. The molecule has 1 atom stereocenters. The summed E-state index contributed by atoms with van der Waals surface area (Å²) in [6.45, 7) is 2.21. The molecule has 0 radical (unpaired) electrons. The predicted molar refractivity (Wildman–Crippen MR) is 168 cm³/mol. The Morgan fingerprint density at radius 2 is 1.68 bits per heavy atom. The Kier molecular flexibility index (Phi) is 11.2. The first kappa shape index (κ1) is 31.1. The molecule has 0 saturated carbocycles. The normalized spacial score (nSPS) is 12.1. The second kappa shape index (κ2) is 14.8. The highest BCUT2D eigenvalue weighted by Crippen LogP contribution is 2.30. The minimum atomic E-state index is -0.385. The number of unbranched alkanes of at least 4 members (excludes halogenated alkanes) is 6. The van der Waals surface area contributed by atoms with Gasteiger partial charge in [-0.3, -0.25) is 9.59 Å². The lowest BCUT2D eigenvalue weighted by atomic mass is 10.1. The summed E-state index contributed by atoms with van der Waals surface area (Å²) in [6.07, 6.45) is 9.23. The number of anilines is 1. The SMILES string of the molecule is CCCCCCCCCC(Sc1nnc(Cc2nn(C)c(=O)c3ccccc23)n1C)C(=O)Nc1ccc(Cl)cc1Cl. The van der Waals surface area contributed by atoms with E-state index in [4.69, 9.17) is 23.2 Å². The molecule has 218 valence electrons. The zero-order valence-corrected chi connectivity index (χ0v) is 26.0. The second-order valence-corrected chi connectivity index (χ2v) is 12.2. The van der Waals surface area contributed by atoms with E-state index in [-0.39, 0.29) is 16.7 Å². The summed E-state index contributed by atoms with van der Waals surface area (Å²) in [5, 5.41) is 18.9. The van der Waals surface area contributed by atoms with E-state index >= 15 is 0 Å². The van der Waals surface area contributed by atoms with E-state index in [0.717, 1.165) is 30.3 Å². The van der Waals surface area contributed by atoms with Crippen molar-refractivity contribution in [1.29, 1.82) is 0 Å². The summed E-state index contributed by atoms with van der Waals surface area (Å²) in [7, 11) is 3.54. The molecule has 0 aliphatic carbocycles. The van der Waals surface area contributed by atoms with Crippen molar-refractivity contribution >= 4 is 57.3 Å². The van der Waals surface area contributed by atoms with Crippen LogP contribution in [0.15, 0.2) is 52.4 Å². The molecule has 2 aromatic carbocycles. The molecular weight excluding hydrogens is 579 g/mol. The van der Waals surface area contributed by atoms with E-state index in [1.165, 1.54) is 42.1 Å². The second-order valence-electron chi connectivity index (χ2n) is 10.2. The monoisotopic (exact) mass is 614 g/mol. The van der Waals surface area contributed by atoms with Crippen LogP contribution in [0.5, 0.6) is 0 Å². The van der Waals surface area contributed by atoms with Crippen LogP contribution in [-0.4, -0.2) is 35.7 Å². The number of aryl methyl sites for hydroxylation is 1. The number of nitrogens with one attached hydrogen (secondary N) is 1. The standard InChI is InChI=1S/C30H36Cl2N6O2S/c1-4-5-6-7-8-9-10-15-26(28(39)33-24-17-16-20(31)18-23(24)32)41-30-35-34-27(37(30)2)19-25-21-13-11-12-14-22(21)29(40)38(3)36-25/h11-14,16-18,26H,4-10,15,19H2,1-3H3,(H,33,39). The fourth-order valence-electron chi connectivity index (χ4n) is 4.72. The van der Waals surface area contributed by atoms with Crippen molar-refractivity contribution in [2.24, 2.45) is 14.1 Å². The van der Waals surface area contributed by atoms with Gasteiger partial charge in [0, 0.05) is 24.5 Å². The van der Waals surface area contributed by atoms with Gasteiger partial charge in [0.1, 0.15) is 5.82 Å². The van der Waals surface area contributed by atoms with Gasteiger partial charge < -0.3 is 9.88 Å². The highest BCUT2D eigenvalue weighted by atomic mass is 35.5. The Balaban J connectivity index is 1.50. The van der Waals surface area contributed by atoms with Crippen LogP contribution >= 0.6 is 35.0 Å². The lowest BCUT2D eigenvalue weighted by molar-refractivity contribution is -0.115. The number of hydrogen-bond donors (Lipinski definition) is 1. The van der Waals surface area contributed by atoms with E-state index < -0.39 is 0 Å². The van der Waals surface area contributed by atoms with Crippen molar-refractivity contribution in [3.63, 3.8) is 0 Å². The molecule has 2 heterocycles. The van der Waals surface area contributed by atoms with Crippen LogP contribution in [0.2, 0.25) is 10.0 Å². The minimum Gasteiger partial charge on any atom is -0.324 e. The molecular formula is C30H36Cl2N6O2S. The van der Waals surface area contributed by atoms with E-state index in [2.05, 4.69) is 27.5 Å². The van der Waals surface area contributed by atoms with E-state index in [9.17, 15) is 9.59 Å². The van der Waals surface area contributed by atoms with Gasteiger partial charge in [-0.25, -0.2) is 4.68 Å². The smallest absolute Gasteiger partial charge is 0.274 e. The van der Waals surface area contributed by atoms with Gasteiger partial charge in [-0.1, -0.05) is 105 Å². The number of benzene rings is 2. The Bertz CT molecular complexity index is 1550. The van der Waals surface area contributed by atoms with Gasteiger partial charge in [-0.2, -0.15) is 5.10 Å². The van der Waals surface area contributed by atoms with Crippen LogP contribution in [0.1, 0.15) is 69.8 Å². The van der Waals surface area contributed by atoms with Gasteiger partial charge in [0.05, 0.1) is 33.5 Å². The van der Waals surface area contributed by atoms with E-state index in [0.29, 0.717) is 44.9 Å². The first-order chi connectivity index (χ1) is 19.8. The number of halogens is 2. The zero-order valence-electron chi connectivity index (χ0n) is 23.7. The quantitative estimate of drug-likeness (QED) is 0.119. The molecule has 1 N–H and O–H groups in total. The Morgan fingerprint density at radius 3 is 2.41 bits per heavy atom. The number of hydrogen-bond acceptors (Lipinski definition) is 6. The number of rotatable bonds is 14. The van der Waals surface area contributed by atoms with Gasteiger partial charge in [0.15, 0.2) is 5.16 Å². The van der Waals surface area contributed by atoms with Crippen molar-refractivity contribution in [2.75, 3.05) is 5.32 Å². The number of amides is 1. The van der Waals surface area contributed by atoms with Crippen molar-refractivity contribution in [2.45, 2.75) is 75.1 Å². The number of carbonyl (C=O) groups is 1. The molecule has 0 saturated heterocycles. The lowest BCUT2D eigenvalue weighted by Gasteiger charge is -2.17. The Labute approximate surface area is 254 Å². The van der Waals surface area contributed by atoms with Crippen molar-refractivity contribution in [1.82, 2.24) is 24.5 Å². The molecule has 0 aliphatic heterocycles. The predicted octanol–water partition coefficient (Wildman–Crippen LogP) is 7.20. The molecule has 41 heavy (non-hydrogen) atoms. The minimum absolute atomic E-state index is 0.138. The van der Waals surface area contributed by atoms with Gasteiger partial charge in [-0.05, 0) is 30.7 Å². The third kappa shape index (κ3) is 8.11. The molecule has 1 unspecified atom stereocenters. The lowest BCUT2D eigenvalue weighted by Crippen LogP contribution is -2.26. The highest BCUT2D eigenvalue weighted by Gasteiger charge is 2.24. The van der Waals surface area contributed by atoms with Crippen LogP contribution in [0.4, 0.5) is 5.69 Å². The summed E-state index contributed by atoms with van der Waals surface area (Å²) < 4.78 is 3.25. The van der Waals surface area contributed by atoms with E-state index in [1.807, 2.05) is 29.8 Å². The molecule has 2 aromatic heterocycles. The first-order valence-corrected chi connectivity index (χ1v) is 15.7. The number of thioether (sulfide) groups is 1. The molecule has 8 nitrogen and oxygen atoms in total. The maximum absolute atomic E-state index is 13.5. The van der Waals surface area contributed by atoms with Crippen LogP contribution in [-0.2, 0) is 25.3 Å². The molecule has 4 aromatic rings. The average Bonchev–Trinajstić information content (AvgIpc) is 3.30. The maximum Gasteiger partial charge on any atom is 0.274 e. The average molecular weight is 616 g/mol. The number of aromatic nitrogens is 5. The summed E-state index contributed by atoms with van der Waals surface area (Å²) in [4.78, 5) is 26.0. The number of fused-ring (bicyclic) bond motifs is 1. The third-order valence-corrected chi connectivity index (χ3v) is 8.93. The van der Waals surface area contributed by atoms with Crippen LogP contribution in [0.25, 0.3) is 10.8 Å². The Morgan fingerprint density at radius 1 is 0.976 bits per heavy atom. The highest BCUT2D eigenvalue weighted by molar-refractivity contribution is 8.00. The summed E-state index contributed by atoms with van der Waals surface area (Å²) in [6, 6.07) is 12.5. The van der Waals surface area contributed by atoms with Crippen molar-refractivity contribution < 1.29 is 4.79 Å². The van der Waals surface area contributed by atoms with Crippen LogP contribution < -0.4 is 10.9 Å². The summed E-state index contributed by atoms with van der Waals surface area (Å²) in [5.41, 5.74) is 1.13. The van der Waals surface area contributed by atoms with E-state index in [1.54, 1.807) is 31.3 Å². The molecule has 0 bridgehead atoms. The fourth-order valence-corrected chi connectivity index (χ4v) is 6.23. The van der Waals surface area contributed by atoms with Gasteiger partial charge >= 0.3 is 0 Å². The molecule has 0 fully saturated rings. The molecule has 0 aliphatic rings. The van der Waals surface area contributed by atoms with Crippen LogP contribution in [0.3, 0.4) is 0 Å². The summed E-state index contributed by atoms with van der Waals surface area (Å²) >= 11 is 13.8. The molecule has 11 heteroatoms. The molecule has 4 rings (SSSR count). The topological polar surface area (TPSA) is 94.7 Å². The van der Waals surface area contributed by atoms with Gasteiger partial charge in [0.2, 0.25) is 5.91 Å². The first-order valence-electron chi connectivity index (χ1n) is 14.0. The third-order valence-electron chi connectivity index (χ3n) is 7.08. The Hall–Kier alpha value is -2.88. The molecule has 1 amide bonds. The van der Waals surface area contributed by atoms with Gasteiger partial charge in [0.25, 0.3) is 5.56 Å². The number of carbonyl (C=O) groups excluding carboxylic acids is 1. The summed E-state index contributed by atoms with van der Waals surface area (Å²) in [5.74, 6) is 0.556. The largest absolute Gasteiger partial charge is 0.324 e. The molecule has 0 spiro atoms. The van der Waals surface area contributed by atoms with Crippen molar-refractivity contribution in [3.8, 4) is 0 Å². The maximum atomic E-state index is 13.5. The zero-order chi connectivity index (χ0) is 29.4. The van der Waals surface area contributed by atoms with Crippen LogP contribution in [0, 0.1) is 0 Å². The van der Waals surface area contributed by atoms with Crippen molar-refractivity contribution in [3.05, 3.63) is 74.4 Å². The van der Waals surface area contributed by atoms with Gasteiger partial charge in [-0.15, -0.1) is 10.2 Å².